The van der Waals surface area contributed by atoms with Crippen LogP contribution in [0.5, 0.6) is 0 Å². The lowest BCUT2D eigenvalue weighted by molar-refractivity contribution is -0.136. The number of rotatable bonds is 5. The van der Waals surface area contributed by atoms with Gasteiger partial charge in [-0.25, -0.2) is 24.8 Å². The van der Waals surface area contributed by atoms with Crippen molar-refractivity contribution in [3.05, 3.63) is 31.3 Å². The Kier molecular flexibility index (Phi) is 7.77. The summed E-state index contributed by atoms with van der Waals surface area (Å²) in [5.74, 6) is 0. The summed E-state index contributed by atoms with van der Waals surface area (Å²) in [5.41, 5.74) is 5.83. The first-order chi connectivity index (χ1) is 16.6. The third kappa shape index (κ3) is 6.20. The molecule has 2 aromatic rings. The number of nitrogens with two attached hydrogens (primary N) is 1. The van der Waals surface area contributed by atoms with Gasteiger partial charge >= 0.3 is 24.0 Å². The van der Waals surface area contributed by atoms with Crippen LogP contribution in [0, 0.1) is 6.92 Å². The van der Waals surface area contributed by atoms with E-state index in [0.29, 0.717) is 23.3 Å². The van der Waals surface area contributed by atoms with Crippen molar-refractivity contribution in [1.82, 2.24) is 19.6 Å². The number of aromatic nitrogens is 2. The Morgan fingerprint density at radius 1 is 1.19 bits per heavy atom. The molecule has 14 heteroatoms. The number of carbonyl (C=O) groups excluding carboxylic acids is 2. The van der Waals surface area contributed by atoms with E-state index in [2.05, 4.69) is 5.43 Å². The highest BCUT2D eigenvalue weighted by Crippen LogP contribution is 2.32. The molecule has 0 atom stereocenters. The summed E-state index contributed by atoms with van der Waals surface area (Å²) in [4.78, 5) is 51.3. The fourth-order valence-corrected chi connectivity index (χ4v) is 5.51. The summed E-state index contributed by atoms with van der Waals surface area (Å²) >= 11 is 0.907. The van der Waals surface area contributed by atoms with Crippen LogP contribution in [-0.2, 0) is 17.8 Å². The number of primary amides is 1. The minimum Gasteiger partial charge on any atom is -0.443 e. The van der Waals surface area contributed by atoms with Crippen molar-refractivity contribution in [3.63, 3.8) is 0 Å². The maximum Gasteiger partial charge on any atom is 0.426 e. The molecule has 10 nitrogen and oxygen atoms in total. The molecular formula is C22H30F3N5O5S. The van der Waals surface area contributed by atoms with Crippen molar-refractivity contribution in [3.8, 4) is 0 Å². The Morgan fingerprint density at radius 3 is 2.33 bits per heavy atom. The number of hydrazine groups is 1. The number of hydrogen-bond acceptors (Lipinski definition) is 6. The van der Waals surface area contributed by atoms with Crippen molar-refractivity contribution in [1.29, 1.82) is 0 Å². The molecule has 0 bridgehead atoms. The van der Waals surface area contributed by atoms with Crippen LogP contribution >= 0.6 is 11.3 Å². The Bertz CT molecular complexity index is 1270. The van der Waals surface area contributed by atoms with Crippen LogP contribution in [0.2, 0.25) is 0 Å². The Morgan fingerprint density at radius 2 is 1.81 bits per heavy atom. The molecule has 1 fully saturated rings. The summed E-state index contributed by atoms with van der Waals surface area (Å²) in [5, 5.41) is 0.893. The van der Waals surface area contributed by atoms with Crippen LogP contribution in [0.15, 0.2) is 9.59 Å². The third-order valence-electron chi connectivity index (χ3n) is 5.84. The standard InChI is InChI=1S/C22H30F3N5O5S/c1-12-14(11-29(18(26)32)27-19(33)35-21(2,3)4)36-17-15(12)16(31)30(13-7-5-6-8-13)20(34)28(17)10-9-22(23,24)25/h13H,5-11H2,1-4H3,(H2,26,32)(H,27,33). The van der Waals surface area contributed by atoms with Gasteiger partial charge in [0.1, 0.15) is 10.4 Å². The zero-order valence-electron chi connectivity index (χ0n) is 20.5. The van der Waals surface area contributed by atoms with E-state index in [1.165, 1.54) is 0 Å². The van der Waals surface area contributed by atoms with Gasteiger partial charge in [0.05, 0.1) is 18.4 Å². The average Bonchev–Trinajstić information content (AvgIpc) is 3.34. The second kappa shape index (κ2) is 10.1. The maximum absolute atomic E-state index is 13.4. The zero-order valence-corrected chi connectivity index (χ0v) is 21.3. The van der Waals surface area contributed by atoms with Gasteiger partial charge in [-0.2, -0.15) is 13.2 Å². The number of halogens is 3. The predicted octanol–water partition coefficient (Wildman–Crippen LogP) is 3.92. The number of alkyl halides is 3. The van der Waals surface area contributed by atoms with Gasteiger partial charge in [0, 0.05) is 17.5 Å². The molecule has 1 aliphatic carbocycles. The normalized spacial score (nSPS) is 14.9. The van der Waals surface area contributed by atoms with Crippen LogP contribution in [0.1, 0.15) is 69.4 Å². The first-order valence-corrected chi connectivity index (χ1v) is 12.3. The topological polar surface area (TPSA) is 129 Å². The summed E-state index contributed by atoms with van der Waals surface area (Å²) in [6.45, 7) is 5.55. The highest BCUT2D eigenvalue weighted by molar-refractivity contribution is 7.18. The molecule has 2 heterocycles. The molecule has 0 spiro atoms. The van der Waals surface area contributed by atoms with E-state index in [9.17, 15) is 32.3 Å². The number of hydrogen-bond donors (Lipinski definition) is 2. The fourth-order valence-electron chi connectivity index (χ4n) is 4.21. The number of carbonyl (C=O) groups is 2. The Labute approximate surface area is 208 Å². The van der Waals surface area contributed by atoms with Gasteiger partial charge in [0.25, 0.3) is 5.56 Å². The van der Waals surface area contributed by atoms with Crippen molar-refractivity contribution in [2.24, 2.45) is 5.73 Å². The average molecular weight is 534 g/mol. The summed E-state index contributed by atoms with van der Waals surface area (Å²) in [7, 11) is 0. The summed E-state index contributed by atoms with van der Waals surface area (Å²) in [6, 6.07) is -1.40. The molecule has 0 radical (unpaired) electrons. The molecule has 36 heavy (non-hydrogen) atoms. The number of amides is 3. The van der Waals surface area contributed by atoms with Crippen LogP contribution < -0.4 is 22.4 Å². The Balaban J connectivity index is 2.09. The van der Waals surface area contributed by atoms with Crippen molar-refractivity contribution < 1.29 is 27.5 Å². The summed E-state index contributed by atoms with van der Waals surface area (Å²) < 4.78 is 46.3. The predicted molar refractivity (Wildman–Crippen MR) is 128 cm³/mol. The van der Waals surface area contributed by atoms with Gasteiger partial charge in [0.15, 0.2) is 0 Å². The highest BCUT2D eigenvalue weighted by atomic mass is 32.1. The number of urea groups is 1. The van der Waals surface area contributed by atoms with Gasteiger partial charge in [-0.1, -0.05) is 12.8 Å². The number of ether oxygens (including phenoxy) is 1. The molecule has 3 N–H and O–H groups in total. The van der Waals surface area contributed by atoms with E-state index in [4.69, 9.17) is 10.5 Å². The number of fused-ring (bicyclic) bond motifs is 1. The molecule has 2 aromatic heterocycles. The van der Waals surface area contributed by atoms with Gasteiger partial charge < -0.3 is 10.5 Å². The lowest BCUT2D eigenvalue weighted by Gasteiger charge is -2.24. The first-order valence-electron chi connectivity index (χ1n) is 11.5. The SMILES string of the molecule is Cc1c(CN(NC(=O)OC(C)(C)C)C(N)=O)sc2c1c(=O)n(C1CCCC1)c(=O)n2CCC(F)(F)F. The molecule has 0 aliphatic heterocycles. The molecule has 0 saturated heterocycles. The van der Waals surface area contributed by atoms with Gasteiger partial charge in [0.2, 0.25) is 0 Å². The maximum atomic E-state index is 13.4. The monoisotopic (exact) mass is 533 g/mol. The molecule has 1 saturated carbocycles. The Hall–Kier alpha value is -3.03. The lowest BCUT2D eigenvalue weighted by atomic mass is 10.2. The van der Waals surface area contributed by atoms with E-state index >= 15 is 0 Å². The molecule has 3 rings (SSSR count). The van der Waals surface area contributed by atoms with E-state index in [-0.39, 0.29) is 22.8 Å². The third-order valence-corrected chi connectivity index (χ3v) is 7.14. The number of thiophene rings is 1. The van der Waals surface area contributed by atoms with E-state index in [0.717, 1.165) is 38.3 Å². The van der Waals surface area contributed by atoms with Gasteiger partial charge in [-0.15, -0.1) is 11.3 Å². The van der Waals surface area contributed by atoms with Crippen molar-refractivity contribution >= 4 is 33.7 Å². The largest absolute Gasteiger partial charge is 0.443 e. The first kappa shape index (κ1) is 27.6. The van der Waals surface area contributed by atoms with Crippen LogP contribution in [0.4, 0.5) is 22.8 Å². The lowest BCUT2D eigenvalue weighted by Crippen LogP contribution is -2.49. The van der Waals surface area contributed by atoms with Crippen molar-refractivity contribution in [2.75, 3.05) is 0 Å². The number of aryl methyl sites for hydroxylation is 2. The molecule has 200 valence electrons. The quantitative estimate of drug-likeness (QED) is 0.563. The fraction of sp³-hybridized carbons (Fsp3) is 0.636. The van der Waals surface area contributed by atoms with Crippen molar-refractivity contribution in [2.45, 2.75) is 90.7 Å². The van der Waals surface area contributed by atoms with Gasteiger partial charge in [-0.3, -0.25) is 13.9 Å². The smallest absolute Gasteiger partial charge is 0.426 e. The summed E-state index contributed by atoms with van der Waals surface area (Å²) in [6.07, 6.45) is -3.88. The molecular weight excluding hydrogens is 503 g/mol. The second-order valence-corrected chi connectivity index (χ2v) is 10.9. The highest BCUT2D eigenvalue weighted by Gasteiger charge is 2.31. The van der Waals surface area contributed by atoms with Gasteiger partial charge in [-0.05, 0) is 46.1 Å². The minimum atomic E-state index is -4.50. The molecule has 0 aromatic carbocycles. The minimum absolute atomic E-state index is 0.0812. The number of nitrogens with one attached hydrogen (secondary N) is 1. The van der Waals surface area contributed by atoms with E-state index in [1.54, 1.807) is 27.7 Å². The number of nitrogens with zero attached hydrogens (tertiary/aromatic N) is 3. The van der Waals surface area contributed by atoms with E-state index < -0.39 is 48.1 Å². The molecule has 3 amide bonds. The van der Waals surface area contributed by atoms with Crippen LogP contribution in [-0.4, -0.2) is 38.0 Å². The van der Waals surface area contributed by atoms with Crippen LogP contribution in [0.25, 0.3) is 10.2 Å². The molecule has 0 unspecified atom stereocenters. The zero-order chi connectivity index (χ0) is 27.0. The van der Waals surface area contributed by atoms with Crippen LogP contribution in [0.3, 0.4) is 0 Å². The second-order valence-electron chi connectivity index (χ2n) is 9.78. The molecule has 1 aliphatic rings. The van der Waals surface area contributed by atoms with E-state index in [1.807, 2.05) is 0 Å².